The van der Waals surface area contributed by atoms with Gasteiger partial charge in [0.1, 0.15) is 24.0 Å². The lowest BCUT2D eigenvalue weighted by Gasteiger charge is -2.44. The molecule has 3 rings (SSSR count). The Hall–Kier alpha value is -2.65. The maximum absolute atomic E-state index is 10.0. The van der Waals surface area contributed by atoms with Crippen molar-refractivity contribution >= 4 is 0 Å². The van der Waals surface area contributed by atoms with Crippen LogP contribution >= 0.6 is 0 Å². The van der Waals surface area contributed by atoms with Crippen LogP contribution in [-0.4, -0.2) is 62.7 Å². The first-order valence-electron chi connectivity index (χ1n) is 11.0. The van der Waals surface area contributed by atoms with Crippen molar-refractivity contribution < 1.29 is 28.8 Å². The van der Waals surface area contributed by atoms with Gasteiger partial charge in [0.15, 0.2) is 6.29 Å². The first-order chi connectivity index (χ1) is 16.2. The molecule has 1 aliphatic rings. The molecule has 5 unspecified atom stereocenters. The molecule has 0 radical (unpaired) electrons. The topological polar surface area (TPSA) is 115 Å². The molecule has 1 aliphatic heterocycles. The lowest BCUT2D eigenvalue weighted by atomic mass is 9.96. The van der Waals surface area contributed by atoms with E-state index in [1.807, 2.05) is 61.5 Å². The van der Waals surface area contributed by atoms with Crippen LogP contribution in [-0.2, 0) is 32.0 Å². The number of hydrogen-bond acceptors (Lipinski definition) is 7. The standard InChI is InChI=1S/C24H31N3O6/c1-3-30-23-21(26-27-25)24(31-14-13-17-7-5-4-6-8-17)33-20(15-28)22(23)32-16-18-9-11-19(29-2)12-10-18/h4-12,20-24,28H,3,13-16H2,1-2H3. The molecule has 1 N–H and O–H groups in total. The van der Waals surface area contributed by atoms with Gasteiger partial charge in [-0.2, -0.15) is 0 Å². The molecule has 33 heavy (non-hydrogen) atoms. The zero-order valence-electron chi connectivity index (χ0n) is 18.9. The van der Waals surface area contributed by atoms with E-state index in [9.17, 15) is 10.6 Å². The zero-order chi connectivity index (χ0) is 23.5. The van der Waals surface area contributed by atoms with Crippen molar-refractivity contribution in [3.63, 3.8) is 0 Å². The minimum Gasteiger partial charge on any atom is -0.497 e. The van der Waals surface area contributed by atoms with Gasteiger partial charge in [-0.15, -0.1) is 0 Å². The predicted molar refractivity (Wildman–Crippen MR) is 122 cm³/mol. The lowest BCUT2D eigenvalue weighted by molar-refractivity contribution is -0.281. The fourth-order valence-electron chi connectivity index (χ4n) is 3.80. The molecule has 9 nitrogen and oxygen atoms in total. The average molecular weight is 458 g/mol. The van der Waals surface area contributed by atoms with Crippen LogP contribution in [0.1, 0.15) is 18.1 Å². The number of azide groups is 1. The molecule has 9 heteroatoms. The van der Waals surface area contributed by atoms with E-state index in [-0.39, 0.29) is 13.2 Å². The van der Waals surface area contributed by atoms with E-state index in [0.29, 0.717) is 19.6 Å². The van der Waals surface area contributed by atoms with Gasteiger partial charge < -0.3 is 28.8 Å². The monoisotopic (exact) mass is 457 g/mol. The Labute approximate surface area is 193 Å². The van der Waals surface area contributed by atoms with Gasteiger partial charge in [0.05, 0.1) is 33.0 Å². The number of nitrogens with zero attached hydrogens (tertiary/aromatic N) is 3. The summed E-state index contributed by atoms with van der Waals surface area (Å²) in [7, 11) is 1.61. The molecule has 2 aromatic carbocycles. The summed E-state index contributed by atoms with van der Waals surface area (Å²) in [4.78, 5) is 2.98. The third-order valence-corrected chi connectivity index (χ3v) is 5.46. The van der Waals surface area contributed by atoms with Crippen LogP contribution < -0.4 is 4.74 Å². The van der Waals surface area contributed by atoms with Crippen LogP contribution in [0.4, 0.5) is 0 Å². The van der Waals surface area contributed by atoms with E-state index in [2.05, 4.69) is 10.0 Å². The van der Waals surface area contributed by atoms with E-state index in [4.69, 9.17) is 23.7 Å². The molecule has 5 atom stereocenters. The summed E-state index contributed by atoms with van der Waals surface area (Å²) < 4.78 is 29.2. The van der Waals surface area contributed by atoms with Gasteiger partial charge in [-0.05, 0) is 42.1 Å². The number of aliphatic hydroxyl groups excluding tert-OH is 1. The Morgan fingerprint density at radius 3 is 2.39 bits per heavy atom. The van der Waals surface area contributed by atoms with Crippen molar-refractivity contribution in [3.05, 3.63) is 76.2 Å². The highest BCUT2D eigenvalue weighted by molar-refractivity contribution is 5.26. The summed E-state index contributed by atoms with van der Waals surface area (Å²) in [5.41, 5.74) is 11.2. The summed E-state index contributed by atoms with van der Waals surface area (Å²) in [5.74, 6) is 0.749. The van der Waals surface area contributed by atoms with Crippen LogP contribution in [0.25, 0.3) is 10.4 Å². The minimum absolute atomic E-state index is 0.264. The second-order valence-corrected chi connectivity index (χ2v) is 7.57. The molecule has 178 valence electrons. The molecule has 0 saturated carbocycles. The maximum atomic E-state index is 10.0. The maximum Gasteiger partial charge on any atom is 0.169 e. The van der Waals surface area contributed by atoms with E-state index in [1.54, 1.807) is 7.11 Å². The summed E-state index contributed by atoms with van der Waals surface area (Å²) in [6.07, 6.45) is -2.19. The summed E-state index contributed by atoms with van der Waals surface area (Å²) in [6, 6.07) is 16.6. The Bertz CT molecular complexity index is 876. The molecule has 0 amide bonds. The van der Waals surface area contributed by atoms with Crippen LogP contribution in [0.5, 0.6) is 5.75 Å². The van der Waals surface area contributed by atoms with Crippen LogP contribution in [0.15, 0.2) is 59.7 Å². The van der Waals surface area contributed by atoms with Crippen LogP contribution in [0.3, 0.4) is 0 Å². The number of methoxy groups -OCH3 is 1. The lowest BCUT2D eigenvalue weighted by Crippen LogP contribution is -2.60. The molecule has 2 aromatic rings. The highest BCUT2D eigenvalue weighted by atomic mass is 16.7. The SMILES string of the molecule is CCOC1C(N=[N+]=[N-])C(OCCc2ccccc2)OC(CO)C1OCc1ccc(OC)cc1. The van der Waals surface area contributed by atoms with Crippen LogP contribution in [0, 0.1) is 0 Å². The van der Waals surface area contributed by atoms with Gasteiger partial charge in [-0.3, -0.25) is 0 Å². The fourth-order valence-corrected chi connectivity index (χ4v) is 3.80. The van der Waals surface area contributed by atoms with Gasteiger partial charge in [0.2, 0.25) is 0 Å². The number of ether oxygens (including phenoxy) is 5. The van der Waals surface area contributed by atoms with Crippen LogP contribution in [0.2, 0.25) is 0 Å². The van der Waals surface area contributed by atoms with E-state index < -0.39 is 30.6 Å². The van der Waals surface area contributed by atoms with E-state index in [1.165, 1.54) is 0 Å². The Morgan fingerprint density at radius 1 is 1.00 bits per heavy atom. The quantitative estimate of drug-likeness (QED) is 0.296. The molecule has 1 fully saturated rings. The van der Waals surface area contributed by atoms with Gasteiger partial charge >= 0.3 is 0 Å². The predicted octanol–water partition coefficient (Wildman–Crippen LogP) is 3.64. The first-order valence-corrected chi connectivity index (χ1v) is 11.0. The molecule has 1 heterocycles. The second kappa shape index (κ2) is 13.2. The Balaban J connectivity index is 1.71. The molecule has 0 aromatic heterocycles. The Kier molecular flexibility index (Phi) is 9.96. The van der Waals surface area contributed by atoms with Crippen molar-refractivity contribution in [2.75, 3.05) is 26.9 Å². The van der Waals surface area contributed by atoms with Crippen molar-refractivity contribution in [3.8, 4) is 5.75 Å². The summed E-state index contributed by atoms with van der Waals surface area (Å²) in [5, 5.41) is 13.9. The molecule has 0 spiro atoms. The molecular weight excluding hydrogens is 426 g/mol. The smallest absolute Gasteiger partial charge is 0.169 e. The third kappa shape index (κ3) is 6.91. The normalized spacial score (nSPS) is 24.8. The minimum atomic E-state index is -0.862. The second-order valence-electron chi connectivity index (χ2n) is 7.57. The molecular formula is C24H31N3O6. The fraction of sp³-hybridized carbons (Fsp3) is 0.500. The number of benzene rings is 2. The van der Waals surface area contributed by atoms with Crippen molar-refractivity contribution in [2.24, 2.45) is 5.11 Å². The van der Waals surface area contributed by atoms with Gasteiger partial charge in [0.25, 0.3) is 0 Å². The van der Waals surface area contributed by atoms with E-state index in [0.717, 1.165) is 16.9 Å². The molecule has 0 aliphatic carbocycles. The average Bonchev–Trinajstić information content (AvgIpc) is 2.86. The summed E-state index contributed by atoms with van der Waals surface area (Å²) in [6.45, 7) is 2.56. The number of hydrogen-bond donors (Lipinski definition) is 1. The Morgan fingerprint density at radius 2 is 1.76 bits per heavy atom. The van der Waals surface area contributed by atoms with Crippen molar-refractivity contribution in [2.45, 2.75) is 50.6 Å². The van der Waals surface area contributed by atoms with Gasteiger partial charge in [0, 0.05) is 11.5 Å². The van der Waals surface area contributed by atoms with Crippen molar-refractivity contribution in [1.29, 1.82) is 0 Å². The summed E-state index contributed by atoms with van der Waals surface area (Å²) >= 11 is 0. The van der Waals surface area contributed by atoms with Crippen molar-refractivity contribution in [1.82, 2.24) is 0 Å². The molecule has 1 saturated heterocycles. The van der Waals surface area contributed by atoms with E-state index >= 15 is 0 Å². The number of rotatable bonds is 12. The van der Waals surface area contributed by atoms with Gasteiger partial charge in [-0.25, -0.2) is 0 Å². The highest BCUT2D eigenvalue weighted by Gasteiger charge is 2.47. The molecule has 0 bridgehead atoms. The first kappa shape index (κ1) is 25.0. The largest absolute Gasteiger partial charge is 0.497 e. The number of aliphatic hydroxyl groups is 1. The van der Waals surface area contributed by atoms with Gasteiger partial charge in [-0.1, -0.05) is 47.6 Å². The third-order valence-electron chi connectivity index (χ3n) is 5.46. The highest BCUT2D eigenvalue weighted by Crippen LogP contribution is 2.30. The zero-order valence-corrected chi connectivity index (χ0v) is 18.9.